The summed E-state index contributed by atoms with van der Waals surface area (Å²) in [5, 5.41) is 0. The number of aryl methyl sites for hydroxylation is 4. The second kappa shape index (κ2) is 10.6. The maximum absolute atomic E-state index is 13.2. The van der Waals surface area contributed by atoms with Crippen LogP contribution in [0.2, 0.25) is 0 Å². The molecule has 0 spiro atoms. The minimum Gasteiger partial charge on any atom is -0.465 e. The van der Waals surface area contributed by atoms with Crippen LogP contribution in [0.4, 0.5) is 0 Å². The lowest BCUT2D eigenvalue weighted by Gasteiger charge is -2.49. The molecule has 4 rings (SSSR count). The number of methoxy groups -OCH3 is 1. The average molecular weight is 527 g/mol. The molecule has 1 aliphatic rings. The van der Waals surface area contributed by atoms with Crippen molar-refractivity contribution in [3.05, 3.63) is 98.6 Å². The van der Waals surface area contributed by atoms with Gasteiger partial charge in [-0.2, -0.15) is 0 Å². The van der Waals surface area contributed by atoms with Crippen LogP contribution in [-0.4, -0.2) is 19.0 Å². The molecule has 3 aromatic rings. The van der Waals surface area contributed by atoms with Gasteiger partial charge in [0.15, 0.2) is 0 Å². The van der Waals surface area contributed by atoms with E-state index < -0.39 is 11.9 Å². The van der Waals surface area contributed by atoms with Crippen LogP contribution in [0, 0.1) is 46.0 Å². The van der Waals surface area contributed by atoms with Crippen molar-refractivity contribution in [2.24, 2.45) is 11.3 Å². The van der Waals surface area contributed by atoms with Crippen LogP contribution in [0.5, 0.6) is 5.75 Å². The Kier molecular flexibility index (Phi) is 7.80. The van der Waals surface area contributed by atoms with Crippen LogP contribution in [-0.2, 0) is 10.2 Å². The summed E-state index contributed by atoms with van der Waals surface area (Å²) in [4.78, 5) is 25.5. The number of hydrogen-bond acceptors (Lipinski definition) is 4. The smallest absolute Gasteiger partial charge is 0.344 e. The maximum atomic E-state index is 13.2. The monoisotopic (exact) mass is 526 g/mol. The van der Waals surface area contributed by atoms with Gasteiger partial charge in [-0.15, -0.1) is 0 Å². The fourth-order valence-corrected chi connectivity index (χ4v) is 6.97. The Morgan fingerprint density at radius 3 is 1.74 bits per heavy atom. The molecule has 1 aliphatic carbocycles. The number of carbonyl (C=O) groups excluding carboxylic acids is 2. The van der Waals surface area contributed by atoms with Crippen molar-refractivity contribution in [2.75, 3.05) is 7.11 Å². The van der Waals surface area contributed by atoms with E-state index in [1.54, 1.807) is 24.3 Å². The molecule has 0 aliphatic heterocycles. The number of rotatable bonds is 5. The molecule has 0 amide bonds. The molecule has 4 heteroatoms. The summed E-state index contributed by atoms with van der Waals surface area (Å²) >= 11 is 0. The number of ether oxygens (including phenoxy) is 2. The molecule has 2 atom stereocenters. The number of carbonyl (C=O) groups is 2. The summed E-state index contributed by atoms with van der Waals surface area (Å²) in [6.07, 6.45) is 3.32. The zero-order valence-electron chi connectivity index (χ0n) is 25.0. The maximum Gasteiger partial charge on any atom is 0.344 e. The normalized spacial score (nSPS) is 20.4. The van der Waals surface area contributed by atoms with Crippen LogP contribution in [0.25, 0.3) is 0 Å². The molecule has 3 aromatic carbocycles. The van der Waals surface area contributed by atoms with Gasteiger partial charge in [-0.3, -0.25) is 0 Å². The highest BCUT2D eigenvalue weighted by Gasteiger charge is 2.45. The van der Waals surface area contributed by atoms with E-state index in [0.29, 0.717) is 11.7 Å². The van der Waals surface area contributed by atoms with Crippen molar-refractivity contribution >= 4 is 11.9 Å². The van der Waals surface area contributed by atoms with Crippen molar-refractivity contribution in [2.45, 2.75) is 80.1 Å². The standard InChI is InChI=1S/C35H42O4/c1-21-18-34(7,8)20-35(19-21,27-14-22(2)26(6)23(3)15-27)28-16-24(4)31(25(5)17-28)39-33(37)30-13-11-10-12-29(30)32(36)38-9/h10-17,21H,18-20H2,1-9H3. The molecule has 0 radical (unpaired) electrons. The fourth-order valence-electron chi connectivity index (χ4n) is 6.97. The van der Waals surface area contributed by atoms with Crippen LogP contribution < -0.4 is 4.74 Å². The Bertz CT molecular complexity index is 1380. The zero-order valence-corrected chi connectivity index (χ0v) is 25.0. The SMILES string of the molecule is COC(=O)c1ccccc1C(=O)Oc1c(C)cc(C2(c3cc(C)c(C)c(C)c3)CC(C)CC(C)(C)C2)cc1C. The lowest BCUT2D eigenvalue weighted by Crippen LogP contribution is -2.41. The Morgan fingerprint density at radius 1 is 0.769 bits per heavy atom. The van der Waals surface area contributed by atoms with Gasteiger partial charge < -0.3 is 9.47 Å². The molecule has 1 fully saturated rings. The van der Waals surface area contributed by atoms with Gasteiger partial charge in [-0.1, -0.05) is 57.2 Å². The summed E-state index contributed by atoms with van der Waals surface area (Å²) < 4.78 is 10.8. The van der Waals surface area contributed by atoms with Gasteiger partial charge in [-0.05, 0) is 116 Å². The van der Waals surface area contributed by atoms with Crippen molar-refractivity contribution in [1.82, 2.24) is 0 Å². The second-order valence-electron chi connectivity index (χ2n) is 12.5. The van der Waals surface area contributed by atoms with E-state index in [9.17, 15) is 9.59 Å². The first-order valence-corrected chi connectivity index (χ1v) is 13.9. The predicted octanol–water partition coefficient (Wildman–Crippen LogP) is 8.37. The first-order chi connectivity index (χ1) is 18.3. The molecule has 0 N–H and O–H groups in total. The summed E-state index contributed by atoms with van der Waals surface area (Å²) in [6, 6.07) is 15.8. The van der Waals surface area contributed by atoms with Crippen molar-refractivity contribution < 1.29 is 19.1 Å². The molecular formula is C35H42O4. The van der Waals surface area contributed by atoms with E-state index in [4.69, 9.17) is 9.47 Å². The van der Waals surface area contributed by atoms with E-state index in [2.05, 4.69) is 65.8 Å². The molecule has 39 heavy (non-hydrogen) atoms. The quantitative estimate of drug-likeness (QED) is 0.248. The summed E-state index contributed by atoms with van der Waals surface area (Å²) in [7, 11) is 1.30. The lowest BCUT2D eigenvalue weighted by atomic mass is 9.55. The Labute approximate surface area is 233 Å². The summed E-state index contributed by atoms with van der Waals surface area (Å²) in [5.41, 5.74) is 8.89. The number of esters is 2. The zero-order chi connectivity index (χ0) is 28.7. The van der Waals surface area contributed by atoms with Gasteiger partial charge in [0, 0.05) is 5.41 Å². The van der Waals surface area contributed by atoms with E-state index in [1.165, 1.54) is 41.3 Å². The van der Waals surface area contributed by atoms with Gasteiger partial charge in [-0.25, -0.2) is 9.59 Å². The van der Waals surface area contributed by atoms with Crippen molar-refractivity contribution in [3.8, 4) is 5.75 Å². The molecule has 1 saturated carbocycles. The third-order valence-electron chi connectivity index (χ3n) is 8.62. The summed E-state index contributed by atoms with van der Waals surface area (Å²) in [5.74, 6) is -0.0190. The number of hydrogen-bond donors (Lipinski definition) is 0. The Balaban J connectivity index is 1.81. The first kappa shape index (κ1) is 28.6. The highest BCUT2D eigenvalue weighted by molar-refractivity contribution is 6.03. The van der Waals surface area contributed by atoms with Gasteiger partial charge in [0.05, 0.1) is 18.2 Å². The Morgan fingerprint density at radius 2 is 1.26 bits per heavy atom. The molecule has 0 aromatic heterocycles. The van der Waals surface area contributed by atoms with Crippen LogP contribution >= 0.6 is 0 Å². The van der Waals surface area contributed by atoms with Gasteiger partial charge in [0.25, 0.3) is 0 Å². The van der Waals surface area contributed by atoms with E-state index >= 15 is 0 Å². The molecular weight excluding hydrogens is 484 g/mol. The van der Waals surface area contributed by atoms with Crippen LogP contribution in [0.15, 0.2) is 48.5 Å². The predicted molar refractivity (Wildman–Crippen MR) is 157 cm³/mol. The van der Waals surface area contributed by atoms with E-state index in [1.807, 2.05) is 13.8 Å². The molecule has 2 unspecified atom stereocenters. The molecule has 0 saturated heterocycles. The number of benzene rings is 3. The molecule has 206 valence electrons. The summed E-state index contributed by atoms with van der Waals surface area (Å²) in [6.45, 7) is 17.8. The van der Waals surface area contributed by atoms with E-state index in [0.717, 1.165) is 24.0 Å². The van der Waals surface area contributed by atoms with Crippen molar-refractivity contribution in [3.63, 3.8) is 0 Å². The third-order valence-corrected chi connectivity index (χ3v) is 8.62. The fraction of sp³-hybridized carbons (Fsp3) is 0.429. The highest BCUT2D eigenvalue weighted by Crippen LogP contribution is 2.54. The minimum atomic E-state index is -0.568. The Hall–Kier alpha value is -3.40. The highest BCUT2D eigenvalue weighted by atomic mass is 16.5. The topological polar surface area (TPSA) is 52.6 Å². The average Bonchev–Trinajstić information content (AvgIpc) is 2.87. The van der Waals surface area contributed by atoms with Gasteiger partial charge in [0.1, 0.15) is 5.75 Å². The van der Waals surface area contributed by atoms with Crippen LogP contribution in [0.3, 0.4) is 0 Å². The van der Waals surface area contributed by atoms with E-state index in [-0.39, 0.29) is 22.0 Å². The van der Waals surface area contributed by atoms with Gasteiger partial charge in [0.2, 0.25) is 0 Å². The van der Waals surface area contributed by atoms with Crippen molar-refractivity contribution in [1.29, 1.82) is 0 Å². The molecule has 0 heterocycles. The third kappa shape index (κ3) is 5.52. The minimum absolute atomic E-state index is 0.139. The first-order valence-electron chi connectivity index (χ1n) is 13.9. The van der Waals surface area contributed by atoms with Crippen LogP contribution in [0.1, 0.15) is 99.7 Å². The molecule has 4 nitrogen and oxygen atoms in total. The lowest BCUT2D eigenvalue weighted by molar-refractivity contribution is 0.0587. The second-order valence-corrected chi connectivity index (χ2v) is 12.5. The van der Waals surface area contributed by atoms with Gasteiger partial charge >= 0.3 is 11.9 Å². The molecule has 0 bridgehead atoms. The largest absolute Gasteiger partial charge is 0.465 e.